The molecular weight excluding hydrogens is 340 g/mol. The van der Waals surface area contributed by atoms with Crippen LogP contribution in [0.5, 0.6) is 0 Å². The summed E-state index contributed by atoms with van der Waals surface area (Å²) in [5.41, 5.74) is 6.38. The standard InChI is InChI=1S/C18H26N4O2.ClH/c1-3-18(19,4-2)12-20-16(23)11-7-10-15-21-14-9-6-5-8-13(14)17(24)22-15;/h5-6,8-9H,3-4,7,10-12,19H2,1-2H3,(H,20,23)(H,21,22,24);1H. The lowest BCUT2D eigenvalue weighted by Crippen LogP contribution is -2.49. The lowest BCUT2D eigenvalue weighted by molar-refractivity contribution is -0.121. The van der Waals surface area contributed by atoms with E-state index in [1.165, 1.54) is 0 Å². The molecule has 0 aliphatic rings. The fraction of sp³-hybridized carbons (Fsp3) is 0.500. The summed E-state index contributed by atoms with van der Waals surface area (Å²) >= 11 is 0. The van der Waals surface area contributed by atoms with Crippen LogP contribution in [0.15, 0.2) is 29.1 Å². The number of para-hydroxylation sites is 1. The van der Waals surface area contributed by atoms with E-state index in [9.17, 15) is 9.59 Å². The van der Waals surface area contributed by atoms with Crippen molar-refractivity contribution in [3.63, 3.8) is 0 Å². The van der Waals surface area contributed by atoms with Gasteiger partial charge in [-0.3, -0.25) is 9.59 Å². The molecule has 0 bridgehead atoms. The van der Waals surface area contributed by atoms with Gasteiger partial charge in [-0.2, -0.15) is 0 Å². The van der Waals surface area contributed by atoms with E-state index in [2.05, 4.69) is 15.3 Å². The Balaban J connectivity index is 0.00000312. The number of carbonyl (C=O) groups is 1. The Morgan fingerprint density at radius 3 is 2.64 bits per heavy atom. The Hall–Kier alpha value is -1.92. The van der Waals surface area contributed by atoms with Crippen molar-refractivity contribution in [1.29, 1.82) is 0 Å². The van der Waals surface area contributed by atoms with Crippen LogP contribution in [-0.2, 0) is 11.2 Å². The normalized spacial score (nSPS) is 11.2. The lowest BCUT2D eigenvalue weighted by atomic mass is 9.94. The first-order valence-corrected chi connectivity index (χ1v) is 8.51. The first-order chi connectivity index (χ1) is 11.5. The summed E-state index contributed by atoms with van der Waals surface area (Å²) in [4.78, 5) is 31.1. The van der Waals surface area contributed by atoms with Crippen LogP contribution in [0.4, 0.5) is 0 Å². The highest BCUT2D eigenvalue weighted by Crippen LogP contribution is 2.10. The molecule has 25 heavy (non-hydrogen) atoms. The van der Waals surface area contributed by atoms with Crippen LogP contribution >= 0.6 is 12.4 Å². The van der Waals surface area contributed by atoms with Crippen molar-refractivity contribution in [2.24, 2.45) is 5.73 Å². The van der Waals surface area contributed by atoms with Gasteiger partial charge in [-0.25, -0.2) is 4.98 Å². The Bertz CT molecular complexity index is 756. The summed E-state index contributed by atoms with van der Waals surface area (Å²) in [6.45, 7) is 4.54. The maximum absolute atomic E-state index is 12.0. The maximum atomic E-state index is 12.0. The number of H-pyrrole nitrogens is 1. The minimum absolute atomic E-state index is 0. The van der Waals surface area contributed by atoms with Gasteiger partial charge in [0.15, 0.2) is 0 Å². The number of hydrogen-bond donors (Lipinski definition) is 3. The minimum atomic E-state index is -0.333. The van der Waals surface area contributed by atoms with Crippen LogP contribution < -0.4 is 16.6 Å². The van der Waals surface area contributed by atoms with Crippen molar-refractivity contribution in [3.8, 4) is 0 Å². The second kappa shape index (κ2) is 9.53. The average Bonchev–Trinajstić information content (AvgIpc) is 2.60. The molecule has 2 rings (SSSR count). The molecular formula is C18H27ClN4O2. The van der Waals surface area contributed by atoms with E-state index in [4.69, 9.17) is 5.73 Å². The van der Waals surface area contributed by atoms with E-state index in [1.54, 1.807) is 6.07 Å². The number of benzene rings is 1. The number of nitrogens with one attached hydrogen (secondary N) is 2. The fourth-order valence-corrected chi connectivity index (χ4v) is 2.53. The molecule has 4 N–H and O–H groups in total. The smallest absolute Gasteiger partial charge is 0.258 e. The van der Waals surface area contributed by atoms with Crippen LogP contribution in [0.3, 0.4) is 0 Å². The van der Waals surface area contributed by atoms with Gasteiger partial charge in [-0.1, -0.05) is 26.0 Å². The zero-order chi connectivity index (χ0) is 17.6. The third kappa shape index (κ3) is 5.83. The molecule has 0 aliphatic heterocycles. The number of nitrogens with zero attached hydrogens (tertiary/aromatic N) is 1. The van der Waals surface area contributed by atoms with Crippen LogP contribution in [0, 0.1) is 0 Å². The van der Waals surface area contributed by atoms with Gasteiger partial charge in [0, 0.05) is 24.9 Å². The number of aryl methyl sites for hydroxylation is 1. The number of hydrogen-bond acceptors (Lipinski definition) is 4. The van der Waals surface area contributed by atoms with E-state index >= 15 is 0 Å². The number of amides is 1. The van der Waals surface area contributed by atoms with Crippen LogP contribution in [0.25, 0.3) is 10.9 Å². The highest BCUT2D eigenvalue weighted by Gasteiger charge is 2.20. The van der Waals surface area contributed by atoms with E-state index in [1.807, 2.05) is 32.0 Å². The van der Waals surface area contributed by atoms with E-state index in [0.29, 0.717) is 42.5 Å². The third-order valence-electron chi connectivity index (χ3n) is 4.53. The molecule has 0 saturated heterocycles. The average molecular weight is 367 g/mol. The molecule has 0 radical (unpaired) electrons. The Morgan fingerprint density at radius 2 is 1.96 bits per heavy atom. The fourth-order valence-electron chi connectivity index (χ4n) is 2.53. The van der Waals surface area contributed by atoms with Gasteiger partial charge in [0.1, 0.15) is 5.82 Å². The summed E-state index contributed by atoms with van der Waals surface area (Å²) in [5.74, 6) is 0.594. The van der Waals surface area contributed by atoms with Crippen LogP contribution in [-0.4, -0.2) is 28.0 Å². The van der Waals surface area contributed by atoms with Crippen molar-refractivity contribution in [2.45, 2.75) is 51.5 Å². The molecule has 1 heterocycles. The number of fused-ring (bicyclic) bond motifs is 1. The Morgan fingerprint density at radius 1 is 1.28 bits per heavy atom. The van der Waals surface area contributed by atoms with Gasteiger partial charge in [-0.15, -0.1) is 12.4 Å². The van der Waals surface area contributed by atoms with Crippen LogP contribution in [0.2, 0.25) is 0 Å². The molecule has 0 fully saturated rings. The largest absolute Gasteiger partial charge is 0.354 e. The SMILES string of the molecule is CCC(N)(CC)CNC(=O)CCCc1nc2ccccc2c(=O)[nH]1.Cl. The Kier molecular flexibility index (Phi) is 8.06. The van der Waals surface area contributed by atoms with Crippen molar-refractivity contribution < 1.29 is 4.79 Å². The number of nitrogens with two attached hydrogens (primary N) is 1. The quantitative estimate of drug-likeness (QED) is 0.667. The summed E-state index contributed by atoms with van der Waals surface area (Å²) in [5, 5.41) is 3.48. The van der Waals surface area contributed by atoms with Crippen LogP contribution in [0.1, 0.15) is 45.4 Å². The molecule has 6 nitrogen and oxygen atoms in total. The number of halogens is 1. The predicted octanol–water partition coefficient (Wildman–Crippen LogP) is 2.30. The van der Waals surface area contributed by atoms with Gasteiger partial charge in [0.05, 0.1) is 10.9 Å². The third-order valence-corrected chi connectivity index (χ3v) is 4.53. The van der Waals surface area contributed by atoms with Crippen molar-refractivity contribution in [3.05, 3.63) is 40.4 Å². The number of aromatic amines is 1. The maximum Gasteiger partial charge on any atom is 0.258 e. The molecule has 138 valence electrons. The number of carbonyl (C=O) groups excluding carboxylic acids is 1. The van der Waals surface area contributed by atoms with Gasteiger partial charge in [0.2, 0.25) is 5.91 Å². The molecule has 7 heteroatoms. The van der Waals surface area contributed by atoms with Gasteiger partial charge in [0.25, 0.3) is 5.56 Å². The predicted molar refractivity (Wildman–Crippen MR) is 103 cm³/mol. The zero-order valence-corrected chi connectivity index (χ0v) is 15.6. The summed E-state index contributed by atoms with van der Waals surface area (Å²) in [6, 6.07) is 7.23. The first-order valence-electron chi connectivity index (χ1n) is 8.51. The molecule has 0 unspecified atom stereocenters. The Labute approximate surface area is 154 Å². The minimum Gasteiger partial charge on any atom is -0.354 e. The summed E-state index contributed by atoms with van der Waals surface area (Å²) in [6.07, 6.45) is 3.23. The van der Waals surface area contributed by atoms with Gasteiger partial charge < -0.3 is 16.0 Å². The van der Waals surface area contributed by atoms with E-state index in [0.717, 1.165) is 12.8 Å². The zero-order valence-electron chi connectivity index (χ0n) is 14.8. The second-order valence-corrected chi connectivity index (χ2v) is 6.23. The van der Waals surface area contributed by atoms with Gasteiger partial charge in [-0.05, 0) is 31.4 Å². The highest BCUT2D eigenvalue weighted by molar-refractivity contribution is 5.85. The molecule has 1 amide bonds. The summed E-state index contributed by atoms with van der Waals surface area (Å²) in [7, 11) is 0. The molecule has 0 saturated carbocycles. The first kappa shape index (κ1) is 21.1. The van der Waals surface area contributed by atoms with Gasteiger partial charge >= 0.3 is 0 Å². The van der Waals surface area contributed by atoms with Crippen molar-refractivity contribution >= 4 is 29.2 Å². The molecule has 1 aromatic heterocycles. The number of rotatable bonds is 8. The molecule has 1 aromatic carbocycles. The number of aromatic nitrogens is 2. The molecule has 0 spiro atoms. The highest BCUT2D eigenvalue weighted by atomic mass is 35.5. The second-order valence-electron chi connectivity index (χ2n) is 6.23. The molecule has 0 aliphatic carbocycles. The van der Waals surface area contributed by atoms with Crippen molar-refractivity contribution in [2.75, 3.05) is 6.54 Å². The summed E-state index contributed by atoms with van der Waals surface area (Å²) < 4.78 is 0. The van der Waals surface area contributed by atoms with Crippen molar-refractivity contribution in [1.82, 2.24) is 15.3 Å². The topological polar surface area (TPSA) is 101 Å². The molecule has 2 aromatic rings. The molecule has 0 atom stereocenters. The monoisotopic (exact) mass is 366 g/mol. The lowest BCUT2D eigenvalue weighted by Gasteiger charge is -2.26. The van der Waals surface area contributed by atoms with E-state index < -0.39 is 0 Å². The van der Waals surface area contributed by atoms with E-state index in [-0.39, 0.29) is 29.4 Å².